The van der Waals surface area contributed by atoms with Gasteiger partial charge in [-0.05, 0) is 43.2 Å². The van der Waals surface area contributed by atoms with Gasteiger partial charge >= 0.3 is 0 Å². The Kier molecular flexibility index (Phi) is 5.27. The Balaban J connectivity index is 1.61. The van der Waals surface area contributed by atoms with Crippen molar-refractivity contribution in [1.82, 2.24) is 9.97 Å². The summed E-state index contributed by atoms with van der Waals surface area (Å²) in [5, 5.41) is 4.89. The molecule has 1 N–H and O–H groups in total. The van der Waals surface area contributed by atoms with Gasteiger partial charge in [0.2, 0.25) is 0 Å². The number of hydrogen-bond acceptors (Lipinski definition) is 5. The van der Waals surface area contributed by atoms with Crippen LogP contribution < -0.4 is 5.32 Å². The van der Waals surface area contributed by atoms with Gasteiger partial charge in [-0.25, -0.2) is 9.97 Å². The maximum absolute atomic E-state index is 12.3. The number of carbonyl (C=O) groups excluding carboxylic acids is 1. The molecule has 3 aromatic rings. The predicted molar refractivity (Wildman–Crippen MR) is 99.8 cm³/mol. The van der Waals surface area contributed by atoms with Gasteiger partial charge in [0, 0.05) is 28.6 Å². The van der Waals surface area contributed by atoms with E-state index in [0.717, 1.165) is 21.3 Å². The zero-order valence-corrected chi connectivity index (χ0v) is 15.1. The monoisotopic (exact) mass is 355 g/mol. The van der Waals surface area contributed by atoms with E-state index in [0.29, 0.717) is 11.4 Å². The lowest BCUT2D eigenvalue weighted by molar-refractivity contribution is 0.102. The molecule has 0 radical (unpaired) electrons. The van der Waals surface area contributed by atoms with E-state index >= 15 is 0 Å². The molecule has 3 rings (SSSR count). The Hall–Kier alpha value is -2.18. The minimum Gasteiger partial charge on any atom is -0.306 e. The summed E-state index contributed by atoms with van der Waals surface area (Å²) in [5.74, 6) is 1.29. The van der Waals surface area contributed by atoms with Gasteiger partial charge in [-0.15, -0.1) is 11.3 Å². The van der Waals surface area contributed by atoms with E-state index in [1.54, 1.807) is 29.3 Å². The molecule has 0 bridgehead atoms. The van der Waals surface area contributed by atoms with Crippen LogP contribution in [0.15, 0.2) is 52.3 Å². The number of carbonyl (C=O) groups is 1. The third-order valence-corrected chi connectivity index (χ3v) is 5.63. The minimum absolute atomic E-state index is 0.147. The highest BCUT2D eigenvalue weighted by atomic mass is 32.2. The molecular formula is C18H17N3OS2. The zero-order chi connectivity index (χ0) is 16.9. The summed E-state index contributed by atoms with van der Waals surface area (Å²) in [5.41, 5.74) is 3.79. The van der Waals surface area contributed by atoms with E-state index in [2.05, 4.69) is 20.7 Å². The molecule has 0 aliphatic carbocycles. The van der Waals surface area contributed by atoms with Crippen molar-refractivity contribution in [2.24, 2.45) is 0 Å². The van der Waals surface area contributed by atoms with E-state index in [4.69, 9.17) is 0 Å². The van der Waals surface area contributed by atoms with Crippen LogP contribution in [0.3, 0.4) is 0 Å². The first-order valence-corrected chi connectivity index (χ1v) is 9.35. The number of anilines is 1. The van der Waals surface area contributed by atoms with Crippen molar-refractivity contribution < 1.29 is 4.79 Å². The summed E-state index contributed by atoms with van der Waals surface area (Å²) in [4.78, 5) is 20.9. The number of nitrogens with one attached hydrogen (secondary N) is 1. The van der Waals surface area contributed by atoms with E-state index in [9.17, 15) is 4.79 Å². The van der Waals surface area contributed by atoms with Gasteiger partial charge < -0.3 is 5.32 Å². The summed E-state index contributed by atoms with van der Waals surface area (Å²) < 4.78 is 1.07. The van der Waals surface area contributed by atoms with Crippen molar-refractivity contribution in [2.45, 2.75) is 23.9 Å². The molecule has 122 valence electrons. The number of nitrogens with zero attached hydrogens (tertiary/aromatic N) is 2. The first-order chi connectivity index (χ1) is 11.6. The van der Waals surface area contributed by atoms with Crippen LogP contribution >= 0.6 is 23.1 Å². The molecule has 1 aromatic carbocycles. The van der Waals surface area contributed by atoms with Crippen LogP contribution in [0.25, 0.3) is 0 Å². The van der Waals surface area contributed by atoms with Gasteiger partial charge in [0.25, 0.3) is 5.91 Å². The number of amides is 1. The molecule has 6 heteroatoms. The average Bonchev–Trinajstić information content (AvgIpc) is 3.01. The molecule has 0 fully saturated rings. The lowest BCUT2D eigenvalue weighted by atomic mass is 10.1. The average molecular weight is 355 g/mol. The Labute approximate surface area is 149 Å². The summed E-state index contributed by atoms with van der Waals surface area (Å²) >= 11 is 3.37. The second-order valence-electron chi connectivity index (χ2n) is 5.36. The lowest BCUT2D eigenvalue weighted by Gasteiger charge is -2.07. The van der Waals surface area contributed by atoms with Gasteiger partial charge in [-0.3, -0.25) is 4.79 Å². The van der Waals surface area contributed by atoms with Crippen molar-refractivity contribution >= 4 is 34.8 Å². The van der Waals surface area contributed by atoms with E-state index in [1.807, 2.05) is 50.2 Å². The fraction of sp³-hybridized carbons (Fsp3) is 0.167. The second-order valence-corrected chi connectivity index (χ2v) is 7.44. The molecule has 2 aromatic heterocycles. The van der Waals surface area contributed by atoms with Crippen LogP contribution in [0.2, 0.25) is 0 Å². The molecule has 0 saturated heterocycles. The highest BCUT2D eigenvalue weighted by molar-refractivity contribution is 8.00. The van der Waals surface area contributed by atoms with Crippen LogP contribution in [0.1, 0.15) is 27.2 Å². The molecule has 24 heavy (non-hydrogen) atoms. The Bertz CT molecular complexity index is 843. The van der Waals surface area contributed by atoms with Crippen LogP contribution in [-0.2, 0) is 5.75 Å². The molecule has 1 amide bonds. The highest BCUT2D eigenvalue weighted by Crippen LogP contribution is 2.26. The Morgan fingerprint density at radius 2 is 2.00 bits per heavy atom. The van der Waals surface area contributed by atoms with Gasteiger partial charge in [-0.2, -0.15) is 0 Å². The topological polar surface area (TPSA) is 54.9 Å². The third kappa shape index (κ3) is 4.21. The van der Waals surface area contributed by atoms with Crippen LogP contribution in [-0.4, -0.2) is 15.9 Å². The standard InChI is InChI=1S/C18H17N3OS2/c1-12-4-3-9-19-16(12)21-17(22)15-7-5-14(6-8-15)11-24-18-20-13(2)10-23-18/h3-10H,11H2,1-2H3,(H,19,21,22). The molecule has 4 nitrogen and oxygen atoms in total. The third-order valence-electron chi connectivity index (χ3n) is 3.42. The minimum atomic E-state index is -0.147. The maximum atomic E-state index is 12.3. The molecule has 0 aliphatic rings. The fourth-order valence-electron chi connectivity index (χ4n) is 2.09. The molecule has 0 aliphatic heterocycles. The summed E-state index contributed by atoms with van der Waals surface area (Å²) in [7, 11) is 0. The summed E-state index contributed by atoms with van der Waals surface area (Å²) in [6.45, 7) is 3.92. The van der Waals surface area contributed by atoms with E-state index in [-0.39, 0.29) is 5.91 Å². The number of pyridine rings is 1. The maximum Gasteiger partial charge on any atom is 0.256 e. The largest absolute Gasteiger partial charge is 0.306 e. The van der Waals surface area contributed by atoms with Gasteiger partial charge in [-0.1, -0.05) is 30.0 Å². The molecule has 0 spiro atoms. The molecule has 0 atom stereocenters. The van der Waals surface area contributed by atoms with Crippen LogP contribution in [0.5, 0.6) is 0 Å². The van der Waals surface area contributed by atoms with Crippen molar-refractivity contribution in [3.05, 3.63) is 70.4 Å². The van der Waals surface area contributed by atoms with Crippen molar-refractivity contribution in [3.8, 4) is 0 Å². The number of hydrogen-bond donors (Lipinski definition) is 1. The first kappa shape index (κ1) is 16.7. The fourth-order valence-corrected chi connectivity index (χ4v) is 3.90. The Morgan fingerprint density at radius 3 is 2.67 bits per heavy atom. The van der Waals surface area contributed by atoms with Crippen LogP contribution in [0.4, 0.5) is 5.82 Å². The van der Waals surface area contributed by atoms with Gasteiger partial charge in [0.1, 0.15) is 10.2 Å². The second kappa shape index (κ2) is 7.59. The number of thioether (sulfide) groups is 1. The van der Waals surface area contributed by atoms with E-state index < -0.39 is 0 Å². The lowest BCUT2D eigenvalue weighted by Crippen LogP contribution is -2.13. The first-order valence-electron chi connectivity index (χ1n) is 7.48. The van der Waals surface area contributed by atoms with Gasteiger partial charge in [0.05, 0.1) is 0 Å². The van der Waals surface area contributed by atoms with Crippen molar-refractivity contribution in [3.63, 3.8) is 0 Å². The number of aryl methyl sites for hydroxylation is 2. The Morgan fingerprint density at radius 1 is 1.21 bits per heavy atom. The van der Waals surface area contributed by atoms with Crippen molar-refractivity contribution in [2.75, 3.05) is 5.32 Å². The smallest absolute Gasteiger partial charge is 0.256 e. The number of thiazole rings is 1. The molecular weight excluding hydrogens is 338 g/mol. The molecule has 0 unspecified atom stereocenters. The highest BCUT2D eigenvalue weighted by Gasteiger charge is 2.08. The number of aromatic nitrogens is 2. The van der Waals surface area contributed by atoms with E-state index in [1.165, 1.54) is 5.56 Å². The normalized spacial score (nSPS) is 10.6. The van der Waals surface area contributed by atoms with Gasteiger partial charge in [0.15, 0.2) is 0 Å². The quantitative estimate of drug-likeness (QED) is 0.674. The molecule has 0 saturated carbocycles. The summed E-state index contributed by atoms with van der Waals surface area (Å²) in [6, 6.07) is 11.4. The number of benzene rings is 1. The molecule has 2 heterocycles. The predicted octanol–water partition coefficient (Wildman–Crippen LogP) is 4.70. The number of rotatable bonds is 5. The van der Waals surface area contributed by atoms with Crippen molar-refractivity contribution in [1.29, 1.82) is 0 Å². The zero-order valence-electron chi connectivity index (χ0n) is 13.4. The SMILES string of the molecule is Cc1csc(SCc2ccc(C(=O)Nc3ncccc3C)cc2)n1. The van der Waals surface area contributed by atoms with Crippen LogP contribution in [0, 0.1) is 13.8 Å². The summed E-state index contributed by atoms with van der Waals surface area (Å²) in [6.07, 6.45) is 1.67.